The molecular formula is C12H16F3N3O. The molecule has 3 N–H and O–H groups in total. The second kappa shape index (κ2) is 5.81. The molecule has 0 radical (unpaired) electrons. The Morgan fingerprint density at radius 1 is 1.37 bits per heavy atom. The quantitative estimate of drug-likeness (QED) is 0.829. The molecule has 0 saturated carbocycles. The fourth-order valence-corrected chi connectivity index (χ4v) is 1.44. The summed E-state index contributed by atoms with van der Waals surface area (Å²) in [6, 6.07) is 4.48. The second-order valence-corrected chi connectivity index (χ2v) is 4.29. The number of carbonyl (C=O) groups is 1. The van der Waals surface area contributed by atoms with Crippen LogP contribution in [-0.4, -0.2) is 37.6 Å². The largest absolute Gasteiger partial charge is 0.397 e. The van der Waals surface area contributed by atoms with Gasteiger partial charge in [0, 0.05) is 26.2 Å². The summed E-state index contributed by atoms with van der Waals surface area (Å²) < 4.78 is 36.1. The molecule has 1 aromatic rings. The molecule has 1 rings (SSSR count). The van der Waals surface area contributed by atoms with E-state index in [1.165, 1.54) is 23.1 Å². The van der Waals surface area contributed by atoms with E-state index in [-0.39, 0.29) is 12.5 Å². The highest BCUT2D eigenvalue weighted by Crippen LogP contribution is 2.23. The van der Waals surface area contributed by atoms with Crippen LogP contribution in [0.5, 0.6) is 0 Å². The molecule has 19 heavy (non-hydrogen) atoms. The van der Waals surface area contributed by atoms with Crippen molar-refractivity contribution < 1.29 is 18.0 Å². The topological polar surface area (TPSA) is 58.4 Å². The van der Waals surface area contributed by atoms with Crippen molar-refractivity contribution >= 4 is 17.3 Å². The Kier molecular flexibility index (Phi) is 4.63. The molecule has 4 nitrogen and oxygen atoms in total. The highest BCUT2D eigenvalue weighted by molar-refractivity contribution is 5.95. The zero-order valence-corrected chi connectivity index (χ0v) is 10.7. The lowest BCUT2D eigenvalue weighted by atomic mass is 10.1. The molecule has 0 atom stereocenters. The Morgan fingerprint density at radius 2 is 2.00 bits per heavy atom. The number of benzene rings is 1. The lowest BCUT2D eigenvalue weighted by Gasteiger charge is -2.14. The molecule has 0 bridgehead atoms. The molecule has 0 aromatic heterocycles. The van der Waals surface area contributed by atoms with Gasteiger partial charge in [-0.2, -0.15) is 13.2 Å². The molecule has 0 saturated heterocycles. The predicted molar refractivity (Wildman–Crippen MR) is 68.0 cm³/mol. The Morgan fingerprint density at radius 3 is 2.53 bits per heavy atom. The number of alkyl halides is 3. The first-order chi connectivity index (χ1) is 8.70. The van der Waals surface area contributed by atoms with Crippen LogP contribution in [0, 0.1) is 0 Å². The number of nitrogen functional groups attached to an aromatic ring is 1. The minimum atomic E-state index is -4.22. The number of nitrogens with zero attached hydrogens (tertiary/aromatic N) is 1. The summed E-state index contributed by atoms with van der Waals surface area (Å²) in [5.41, 5.74) is 6.65. The third-order valence-electron chi connectivity index (χ3n) is 2.43. The summed E-state index contributed by atoms with van der Waals surface area (Å²) in [6.45, 7) is -0.284. The molecule has 0 aliphatic rings. The fourth-order valence-electron chi connectivity index (χ4n) is 1.44. The van der Waals surface area contributed by atoms with Crippen molar-refractivity contribution in [3.05, 3.63) is 23.8 Å². The number of nitrogens with two attached hydrogens (primary N) is 1. The number of carbonyl (C=O) groups excluding carboxylic acids is 1. The smallest absolute Gasteiger partial charge is 0.390 e. The van der Waals surface area contributed by atoms with Gasteiger partial charge in [-0.1, -0.05) is 0 Å². The van der Waals surface area contributed by atoms with Gasteiger partial charge in [0.2, 0.25) is 0 Å². The Hall–Kier alpha value is -1.92. The highest BCUT2D eigenvalue weighted by atomic mass is 19.4. The summed E-state index contributed by atoms with van der Waals surface area (Å²) in [4.78, 5) is 13.1. The average molecular weight is 275 g/mol. The van der Waals surface area contributed by atoms with Crippen molar-refractivity contribution in [1.29, 1.82) is 0 Å². The average Bonchev–Trinajstić information content (AvgIpc) is 2.29. The van der Waals surface area contributed by atoms with Crippen LogP contribution in [-0.2, 0) is 0 Å². The molecule has 7 heteroatoms. The molecule has 0 fully saturated rings. The van der Waals surface area contributed by atoms with Crippen LogP contribution in [0.15, 0.2) is 18.2 Å². The second-order valence-electron chi connectivity index (χ2n) is 4.29. The maximum Gasteiger partial charge on any atom is 0.390 e. The SMILES string of the molecule is CN(C)C(=O)c1ccc(N)c(NCCC(F)(F)F)c1. The van der Waals surface area contributed by atoms with Gasteiger partial charge in [0.25, 0.3) is 5.91 Å². The zero-order chi connectivity index (χ0) is 14.6. The molecule has 0 unspecified atom stereocenters. The van der Waals surface area contributed by atoms with Crippen LogP contribution in [0.4, 0.5) is 24.5 Å². The van der Waals surface area contributed by atoms with Gasteiger partial charge < -0.3 is 16.0 Å². The standard InChI is InChI=1S/C12H16F3N3O/c1-18(2)11(19)8-3-4-9(16)10(7-8)17-6-5-12(13,14)15/h3-4,7,17H,5-6,16H2,1-2H3. The van der Waals surface area contributed by atoms with Crippen LogP contribution in [0.2, 0.25) is 0 Å². The molecule has 0 heterocycles. The van der Waals surface area contributed by atoms with Crippen molar-refractivity contribution in [3.8, 4) is 0 Å². The number of rotatable bonds is 4. The van der Waals surface area contributed by atoms with E-state index in [1.807, 2.05) is 0 Å². The van der Waals surface area contributed by atoms with E-state index in [4.69, 9.17) is 5.73 Å². The van der Waals surface area contributed by atoms with Gasteiger partial charge in [0.15, 0.2) is 0 Å². The van der Waals surface area contributed by atoms with Gasteiger partial charge in [0.1, 0.15) is 0 Å². The Balaban J connectivity index is 2.78. The van der Waals surface area contributed by atoms with E-state index in [9.17, 15) is 18.0 Å². The lowest BCUT2D eigenvalue weighted by molar-refractivity contribution is -0.131. The maximum atomic E-state index is 12.0. The summed E-state index contributed by atoms with van der Waals surface area (Å²) in [5.74, 6) is -0.237. The van der Waals surface area contributed by atoms with Gasteiger partial charge in [-0.25, -0.2) is 0 Å². The molecule has 106 valence electrons. The van der Waals surface area contributed by atoms with Crippen LogP contribution in [0.25, 0.3) is 0 Å². The molecule has 1 aromatic carbocycles. The minimum absolute atomic E-state index is 0.237. The minimum Gasteiger partial charge on any atom is -0.397 e. The first-order valence-corrected chi connectivity index (χ1v) is 5.62. The summed E-state index contributed by atoms with van der Waals surface area (Å²) in [7, 11) is 3.19. The zero-order valence-electron chi connectivity index (χ0n) is 10.7. The molecule has 1 amide bonds. The Labute approximate surface area is 109 Å². The van der Waals surface area contributed by atoms with Gasteiger partial charge in [0.05, 0.1) is 17.8 Å². The van der Waals surface area contributed by atoms with Crippen molar-refractivity contribution in [2.24, 2.45) is 0 Å². The van der Waals surface area contributed by atoms with Crippen LogP contribution >= 0.6 is 0 Å². The molecule has 0 aliphatic heterocycles. The maximum absolute atomic E-state index is 12.0. The molecule has 0 spiro atoms. The number of hydrogen-bond donors (Lipinski definition) is 2. The molecule has 0 aliphatic carbocycles. The predicted octanol–water partition coefficient (Wildman–Crippen LogP) is 2.33. The van der Waals surface area contributed by atoms with Crippen molar-refractivity contribution in [2.75, 3.05) is 31.7 Å². The normalized spacial score (nSPS) is 11.2. The summed E-state index contributed by atoms with van der Waals surface area (Å²) in [6.07, 6.45) is -5.18. The van der Waals surface area contributed by atoms with Crippen LogP contribution < -0.4 is 11.1 Å². The van der Waals surface area contributed by atoms with Gasteiger partial charge in [-0.15, -0.1) is 0 Å². The van der Waals surface area contributed by atoms with E-state index in [0.717, 1.165) is 0 Å². The number of hydrogen-bond acceptors (Lipinski definition) is 3. The van der Waals surface area contributed by atoms with E-state index in [2.05, 4.69) is 5.32 Å². The van der Waals surface area contributed by atoms with Crippen molar-refractivity contribution in [2.45, 2.75) is 12.6 Å². The number of amides is 1. The van der Waals surface area contributed by atoms with E-state index in [1.54, 1.807) is 14.1 Å². The summed E-state index contributed by atoms with van der Waals surface area (Å²) in [5, 5.41) is 2.59. The van der Waals surface area contributed by atoms with Crippen LogP contribution in [0.1, 0.15) is 16.8 Å². The number of nitrogens with one attached hydrogen (secondary N) is 1. The monoisotopic (exact) mass is 275 g/mol. The fraction of sp³-hybridized carbons (Fsp3) is 0.417. The lowest BCUT2D eigenvalue weighted by Crippen LogP contribution is -2.22. The Bertz CT molecular complexity index is 458. The third kappa shape index (κ3) is 4.69. The van der Waals surface area contributed by atoms with Crippen molar-refractivity contribution in [3.63, 3.8) is 0 Å². The van der Waals surface area contributed by atoms with Gasteiger partial charge in [-0.3, -0.25) is 4.79 Å². The third-order valence-corrected chi connectivity index (χ3v) is 2.43. The summed E-state index contributed by atoms with van der Waals surface area (Å²) >= 11 is 0. The van der Waals surface area contributed by atoms with E-state index >= 15 is 0 Å². The van der Waals surface area contributed by atoms with Crippen LogP contribution in [0.3, 0.4) is 0 Å². The van der Waals surface area contributed by atoms with Gasteiger partial charge >= 0.3 is 6.18 Å². The van der Waals surface area contributed by atoms with E-state index < -0.39 is 12.6 Å². The van der Waals surface area contributed by atoms with E-state index in [0.29, 0.717) is 16.9 Å². The first-order valence-electron chi connectivity index (χ1n) is 5.62. The number of halogens is 3. The first kappa shape index (κ1) is 15.1. The number of anilines is 2. The van der Waals surface area contributed by atoms with Gasteiger partial charge in [-0.05, 0) is 18.2 Å². The van der Waals surface area contributed by atoms with Crippen molar-refractivity contribution in [1.82, 2.24) is 4.90 Å². The highest BCUT2D eigenvalue weighted by Gasteiger charge is 2.26. The molecular weight excluding hydrogens is 259 g/mol.